The fourth-order valence-electron chi connectivity index (χ4n) is 1.46. The molecular weight excluding hydrogens is 266 g/mol. The molecule has 0 atom stereocenters. The van der Waals surface area contributed by atoms with Crippen LogP contribution in [0.15, 0.2) is 22.2 Å². The van der Waals surface area contributed by atoms with E-state index in [-0.39, 0.29) is 5.97 Å². The van der Waals surface area contributed by atoms with Crippen molar-refractivity contribution in [3.63, 3.8) is 0 Å². The number of hydrogen-bond donors (Lipinski definition) is 1. The third-order valence-electron chi connectivity index (χ3n) is 2.35. The second-order valence-electron chi connectivity index (χ2n) is 3.79. The molecule has 0 aliphatic heterocycles. The van der Waals surface area contributed by atoms with Crippen LogP contribution >= 0.6 is 11.3 Å². The van der Waals surface area contributed by atoms with E-state index in [2.05, 4.69) is 15.5 Å². The van der Waals surface area contributed by atoms with Gasteiger partial charge >= 0.3 is 5.97 Å². The van der Waals surface area contributed by atoms with E-state index in [1.54, 1.807) is 13.0 Å². The molecule has 0 amide bonds. The lowest BCUT2D eigenvalue weighted by molar-refractivity contribution is -0.143. The molecule has 2 aromatic rings. The molecule has 2 aromatic heterocycles. The summed E-state index contributed by atoms with van der Waals surface area (Å²) in [6.07, 6.45) is 2.49. The van der Waals surface area contributed by atoms with Crippen LogP contribution in [0.5, 0.6) is 0 Å². The lowest BCUT2D eigenvalue weighted by Gasteiger charge is -1.99. The zero-order chi connectivity index (χ0) is 13.5. The van der Waals surface area contributed by atoms with Crippen molar-refractivity contribution in [3.05, 3.63) is 29.1 Å². The number of anilines is 1. The SMILES string of the molecule is CCOC(=O)CCc1csc(NCc2ccon2)n1. The first-order chi connectivity index (χ1) is 9.28. The van der Waals surface area contributed by atoms with E-state index in [1.807, 2.05) is 5.38 Å². The molecule has 0 bridgehead atoms. The molecule has 0 spiro atoms. The zero-order valence-corrected chi connectivity index (χ0v) is 11.4. The van der Waals surface area contributed by atoms with Crippen LogP contribution in [0.2, 0.25) is 0 Å². The van der Waals surface area contributed by atoms with Gasteiger partial charge in [0, 0.05) is 17.9 Å². The van der Waals surface area contributed by atoms with Gasteiger partial charge in [0.1, 0.15) is 12.0 Å². The molecule has 6 nitrogen and oxygen atoms in total. The molecule has 0 aromatic carbocycles. The van der Waals surface area contributed by atoms with Gasteiger partial charge in [0.2, 0.25) is 0 Å². The third-order valence-corrected chi connectivity index (χ3v) is 3.20. The zero-order valence-electron chi connectivity index (χ0n) is 10.6. The number of carbonyl (C=O) groups is 1. The van der Waals surface area contributed by atoms with Crippen LogP contribution in [-0.2, 0) is 22.5 Å². The van der Waals surface area contributed by atoms with Crippen molar-refractivity contribution < 1.29 is 14.1 Å². The summed E-state index contributed by atoms with van der Waals surface area (Å²) in [4.78, 5) is 15.6. The molecule has 0 aliphatic rings. The second kappa shape index (κ2) is 6.89. The highest BCUT2D eigenvalue weighted by atomic mass is 32.1. The van der Waals surface area contributed by atoms with Gasteiger partial charge in [0.05, 0.1) is 25.3 Å². The van der Waals surface area contributed by atoms with E-state index >= 15 is 0 Å². The Kier molecular flexibility index (Phi) is 4.91. The molecule has 0 saturated carbocycles. The first-order valence-corrected chi connectivity index (χ1v) is 6.89. The predicted octanol–water partition coefficient (Wildman–Crippen LogP) is 2.24. The van der Waals surface area contributed by atoms with Gasteiger partial charge in [-0.2, -0.15) is 0 Å². The normalized spacial score (nSPS) is 10.4. The number of thiazole rings is 1. The van der Waals surface area contributed by atoms with Gasteiger partial charge in [0.15, 0.2) is 5.13 Å². The molecule has 0 aliphatic carbocycles. The lowest BCUT2D eigenvalue weighted by Crippen LogP contribution is -2.05. The van der Waals surface area contributed by atoms with Gasteiger partial charge in [-0.15, -0.1) is 11.3 Å². The van der Waals surface area contributed by atoms with Crippen LogP contribution < -0.4 is 5.32 Å². The van der Waals surface area contributed by atoms with Crippen molar-refractivity contribution in [1.82, 2.24) is 10.1 Å². The van der Waals surface area contributed by atoms with Crippen molar-refractivity contribution in [2.45, 2.75) is 26.3 Å². The van der Waals surface area contributed by atoms with Gasteiger partial charge < -0.3 is 14.6 Å². The van der Waals surface area contributed by atoms with Crippen molar-refractivity contribution >= 4 is 22.4 Å². The van der Waals surface area contributed by atoms with E-state index in [1.165, 1.54) is 17.6 Å². The smallest absolute Gasteiger partial charge is 0.306 e. The third kappa shape index (κ3) is 4.36. The van der Waals surface area contributed by atoms with Crippen LogP contribution in [0.3, 0.4) is 0 Å². The molecule has 0 unspecified atom stereocenters. The molecule has 7 heteroatoms. The summed E-state index contributed by atoms with van der Waals surface area (Å²) >= 11 is 1.50. The Morgan fingerprint density at radius 1 is 1.53 bits per heavy atom. The number of aryl methyl sites for hydroxylation is 1. The van der Waals surface area contributed by atoms with Crippen LogP contribution in [0.25, 0.3) is 0 Å². The Morgan fingerprint density at radius 2 is 2.42 bits per heavy atom. The first kappa shape index (κ1) is 13.5. The topological polar surface area (TPSA) is 77.2 Å². The summed E-state index contributed by atoms with van der Waals surface area (Å²) in [6.45, 7) is 2.79. The number of ether oxygens (including phenoxy) is 1. The fraction of sp³-hybridized carbons (Fsp3) is 0.417. The second-order valence-corrected chi connectivity index (χ2v) is 4.65. The largest absolute Gasteiger partial charge is 0.466 e. The maximum atomic E-state index is 11.2. The average Bonchev–Trinajstić information content (AvgIpc) is 3.06. The van der Waals surface area contributed by atoms with E-state index in [4.69, 9.17) is 9.26 Å². The molecule has 1 N–H and O–H groups in total. The van der Waals surface area contributed by atoms with Crippen LogP contribution in [0, 0.1) is 0 Å². The number of carbonyl (C=O) groups excluding carboxylic acids is 1. The maximum absolute atomic E-state index is 11.2. The van der Waals surface area contributed by atoms with Crippen molar-refractivity contribution in [2.24, 2.45) is 0 Å². The average molecular weight is 281 g/mol. The molecule has 102 valence electrons. The summed E-state index contributed by atoms with van der Waals surface area (Å²) in [5, 5.41) is 9.69. The van der Waals surface area contributed by atoms with Gasteiger partial charge in [0.25, 0.3) is 0 Å². The molecule has 19 heavy (non-hydrogen) atoms. The minimum atomic E-state index is -0.187. The Hall–Kier alpha value is -1.89. The van der Waals surface area contributed by atoms with Crippen molar-refractivity contribution in [2.75, 3.05) is 11.9 Å². The van der Waals surface area contributed by atoms with Crippen molar-refractivity contribution in [3.8, 4) is 0 Å². The lowest BCUT2D eigenvalue weighted by atomic mass is 10.2. The minimum absolute atomic E-state index is 0.187. The van der Waals surface area contributed by atoms with Crippen molar-refractivity contribution in [1.29, 1.82) is 0 Å². The number of rotatable bonds is 7. The maximum Gasteiger partial charge on any atom is 0.306 e. The molecular formula is C12H15N3O3S. The Bertz CT molecular complexity index is 510. The van der Waals surface area contributed by atoms with Gasteiger partial charge in [-0.3, -0.25) is 4.79 Å². The van der Waals surface area contributed by atoms with Gasteiger partial charge in [-0.1, -0.05) is 5.16 Å². The number of nitrogens with one attached hydrogen (secondary N) is 1. The summed E-state index contributed by atoms with van der Waals surface area (Å²) < 4.78 is 9.61. The highest BCUT2D eigenvalue weighted by molar-refractivity contribution is 7.13. The van der Waals surface area contributed by atoms with E-state index in [0.717, 1.165) is 16.5 Å². The number of nitrogens with zero attached hydrogens (tertiary/aromatic N) is 2. The number of hydrogen-bond acceptors (Lipinski definition) is 7. The Morgan fingerprint density at radius 3 is 3.16 bits per heavy atom. The van der Waals surface area contributed by atoms with E-state index < -0.39 is 0 Å². The quantitative estimate of drug-likeness (QED) is 0.784. The minimum Gasteiger partial charge on any atom is -0.466 e. The summed E-state index contributed by atoms with van der Waals surface area (Å²) in [7, 11) is 0. The Balaban J connectivity index is 1.77. The predicted molar refractivity (Wildman–Crippen MR) is 70.9 cm³/mol. The van der Waals surface area contributed by atoms with Crippen LogP contribution in [0.1, 0.15) is 24.7 Å². The summed E-state index contributed by atoms with van der Waals surface area (Å²) in [5.41, 5.74) is 1.71. The molecule has 2 heterocycles. The molecule has 0 radical (unpaired) electrons. The number of aromatic nitrogens is 2. The summed E-state index contributed by atoms with van der Waals surface area (Å²) in [6, 6.07) is 1.79. The molecule has 0 fully saturated rings. The standard InChI is InChI=1S/C12H15N3O3S/c1-2-17-11(16)4-3-10-8-19-12(14-10)13-7-9-5-6-18-15-9/h5-6,8H,2-4,7H2,1H3,(H,13,14). The van der Waals surface area contributed by atoms with Crippen LogP contribution in [-0.4, -0.2) is 22.7 Å². The van der Waals surface area contributed by atoms with E-state index in [9.17, 15) is 4.79 Å². The number of esters is 1. The highest BCUT2D eigenvalue weighted by Gasteiger charge is 2.06. The van der Waals surface area contributed by atoms with Gasteiger partial charge in [-0.05, 0) is 6.92 Å². The fourth-order valence-corrected chi connectivity index (χ4v) is 2.20. The van der Waals surface area contributed by atoms with E-state index in [0.29, 0.717) is 26.0 Å². The highest BCUT2D eigenvalue weighted by Crippen LogP contribution is 2.17. The van der Waals surface area contributed by atoms with Crippen LogP contribution in [0.4, 0.5) is 5.13 Å². The van der Waals surface area contributed by atoms with Gasteiger partial charge in [-0.25, -0.2) is 4.98 Å². The monoisotopic (exact) mass is 281 g/mol. The molecule has 0 saturated heterocycles. The first-order valence-electron chi connectivity index (χ1n) is 6.01. The molecule has 2 rings (SSSR count). The summed E-state index contributed by atoms with van der Waals surface area (Å²) in [5.74, 6) is -0.187. The Labute approximate surface area is 114 Å².